The van der Waals surface area contributed by atoms with Gasteiger partial charge in [0, 0.05) is 38.7 Å². The molecule has 3 rings (SSSR count). The van der Waals surface area contributed by atoms with Crippen molar-refractivity contribution < 1.29 is 4.79 Å². The first kappa shape index (κ1) is 15.5. The zero-order valence-electron chi connectivity index (χ0n) is 13.6. The van der Waals surface area contributed by atoms with Crippen molar-refractivity contribution in [2.24, 2.45) is 0 Å². The van der Waals surface area contributed by atoms with Crippen LogP contribution < -0.4 is 4.90 Å². The Morgan fingerprint density at radius 1 is 1.22 bits per heavy atom. The maximum atomic E-state index is 12.6. The van der Waals surface area contributed by atoms with Crippen molar-refractivity contribution >= 4 is 11.7 Å². The summed E-state index contributed by atoms with van der Waals surface area (Å²) in [5, 5.41) is 0. The highest BCUT2D eigenvalue weighted by atomic mass is 16.2. The highest BCUT2D eigenvalue weighted by molar-refractivity contribution is 5.94. The van der Waals surface area contributed by atoms with Gasteiger partial charge in [-0.05, 0) is 43.5 Å². The van der Waals surface area contributed by atoms with Crippen LogP contribution in [0.1, 0.15) is 41.7 Å². The molecule has 1 unspecified atom stereocenters. The standard InChI is InChI=1S/C18H22N4O/c1-14(15-6-5-9-19-12-15)21(2)18(23)16-7-8-17(20-13-16)22-10-3-4-11-22/h5-9,12-14H,3-4,10-11H2,1-2H3. The summed E-state index contributed by atoms with van der Waals surface area (Å²) in [6.45, 7) is 4.11. The molecular formula is C18H22N4O. The number of hydrogen-bond acceptors (Lipinski definition) is 4. The second kappa shape index (κ2) is 6.77. The number of carbonyl (C=O) groups excluding carboxylic acids is 1. The van der Waals surface area contributed by atoms with Gasteiger partial charge in [0.2, 0.25) is 0 Å². The predicted octanol–water partition coefficient (Wildman–Crippen LogP) is 2.91. The van der Waals surface area contributed by atoms with Gasteiger partial charge in [-0.25, -0.2) is 4.98 Å². The van der Waals surface area contributed by atoms with Crippen molar-refractivity contribution in [2.75, 3.05) is 25.0 Å². The Morgan fingerprint density at radius 2 is 2.00 bits per heavy atom. The van der Waals surface area contributed by atoms with Gasteiger partial charge in [0.15, 0.2) is 0 Å². The summed E-state index contributed by atoms with van der Waals surface area (Å²) >= 11 is 0. The molecule has 1 atom stereocenters. The van der Waals surface area contributed by atoms with Gasteiger partial charge in [0.25, 0.3) is 5.91 Å². The lowest BCUT2D eigenvalue weighted by molar-refractivity contribution is 0.0742. The van der Waals surface area contributed by atoms with Crippen molar-refractivity contribution in [1.29, 1.82) is 0 Å². The van der Waals surface area contributed by atoms with Crippen LogP contribution in [0.25, 0.3) is 0 Å². The Hall–Kier alpha value is -2.43. The van der Waals surface area contributed by atoms with Crippen LogP contribution in [0.2, 0.25) is 0 Å². The number of hydrogen-bond donors (Lipinski definition) is 0. The minimum Gasteiger partial charge on any atom is -0.357 e. The molecule has 1 aliphatic heterocycles. The van der Waals surface area contributed by atoms with E-state index >= 15 is 0 Å². The van der Waals surface area contributed by atoms with Gasteiger partial charge in [-0.3, -0.25) is 9.78 Å². The molecule has 5 nitrogen and oxygen atoms in total. The highest BCUT2D eigenvalue weighted by Gasteiger charge is 2.20. The van der Waals surface area contributed by atoms with Crippen molar-refractivity contribution in [3.8, 4) is 0 Å². The maximum absolute atomic E-state index is 12.6. The van der Waals surface area contributed by atoms with E-state index in [4.69, 9.17) is 0 Å². The smallest absolute Gasteiger partial charge is 0.255 e. The molecule has 1 amide bonds. The maximum Gasteiger partial charge on any atom is 0.255 e. The number of nitrogens with zero attached hydrogens (tertiary/aromatic N) is 4. The number of pyridine rings is 2. The molecule has 0 aliphatic carbocycles. The molecule has 23 heavy (non-hydrogen) atoms. The van der Waals surface area contributed by atoms with E-state index in [0.29, 0.717) is 5.56 Å². The molecule has 0 aromatic carbocycles. The first-order valence-corrected chi connectivity index (χ1v) is 8.05. The van der Waals surface area contributed by atoms with Crippen LogP contribution >= 0.6 is 0 Å². The first-order valence-electron chi connectivity index (χ1n) is 8.05. The van der Waals surface area contributed by atoms with Gasteiger partial charge in [0.05, 0.1) is 11.6 Å². The molecular weight excluding hydrogens is 288 g/mol. The molecule has 1 saturated heterocycles. The number of carbonyl (C=O) groups is 1. The fourth-order valence-electron chi connectivity index (χ4n) is 2.87. The molecule has 1 aliphatic rings. The van der Waals surface area contributed by atoms with Gasteiger partial charge < -0.3 is 9.80 Å². The van der Waals surface area contributed by atoms with E-state index < -0.39 is 0 Å². The third-order valence-corrected chi connectivity index (χ3v) is 4.49. The van der Waals surface area contributed by atoms with Gasteiger partial charge in [-0.15, -0.1) is 0 Å². The lowest BCUT2D eigenvalue weighted by Crippen LogP contribution is -2.30. The molecule has 0 bridgehead atoms. The summed E-state index contributed by atoms with van der Waals surface area (Å²) in [6, 6.07) is 7.65. The van der Waals surface area contributed by atoms with Crippen molar-refractivity contribution in [2.45, 2.75) is 25.8 Å². The molecule has 0 radical (unpaired) electrons. The van der Waals surface area contributed by atoms with Crippen LogP contribution in [-0.4, -0.2) is 40.9 Å². The van der Waals surface area contributed by atoms with E-state index in [1.807, 2.05) is 38.2 Å². The van der Waals surface area contributed by atoms with Crippen LogP contribution in [0.3, 0.4) is 0 Å². The fourth-order valence-corrected chi connectivity index (χ4v) is 2.87. The van der Waals surface area contributed by atoms with Crippen LogP contribution in [0.15, 0.2) is 42.9 Å². The average Bonchev–Trinajstić information content (AvgIpc) is 3.15. The Balaban J connectivity index is 1.71. The normalized spacial score (nSPS) is 15.5. The van der Waals surface area contributed by atoms with Crippen LogP contribution in [0.4, 0.5) is 5.82 Å². The molecule has 0 spiro atoms. The van der Waals surface area contributed by atoms with E-state index in [2.05, 4.69) is 14.9 Å². The lowest BCUT2D eigenvalue weighted by atomic mass is 10.1. The molecule has 0 N–H and O–H groups in total. The Morgan fingerprint density at radius 3 is 2.61 bits per heavy atom. The van der Waals surface area contributed by atoms with E-state index in [1.165, 1.54) is 12.8 Å². The lowest BCUT2D eigenvalue weighted by Gasteiger charge is -2.25. The summed E-state index contributed by atoms with van der Waals surface area (Å²) in [6.07, 6.45) is 7.64. The Bertz CT molecular complexity index is 650. The average molecular weight is 310 g/mol. The van der Waals surface area contributed by atoms with E-state index in [1.54, 1.807) is 23.5 Å². The number of aromatic nitrogens is 2. The molecule has 3 heterocycles. The topological polar surface area (TPSA) is 49.3 Å². The minimum absolute atomic E-state index is 0.0261. The van der Waals surface area contributed by atoms with E-state index in [-0.39, 0.29) is 11.9 Å². The third-order valence-electron chi connectivity index (χ3n) is 4.49. The Kier molecular flexibility index (Phi) is 4.55. The van der Waals surface area contributed by atoms with Gasteiger partial charge in [-0.2, -0.15) is 0 Å². The van der Waals surface area contributed by atoms with Crippen molar-refractivity contribution in [3.63, 3.8) is 0 Å². The number of amides is 1. The van der Waals surface area contributed by atoms with Crippen LogP contribution in [-0.2, 0) is 0 Å². The van der Waals surface area contributed by atoms with Crippen molar-refractivity contribution in [3.05, 3.63) is 54.0 Å². The van der Waals surface area contributed by atoms with Gasteiger partial charge in [0.1, 0.15) is 5.82 Å². The largest absolute Gasteiger partial charge is 0.357 e. The summed E-state index contributed by atoms with van der Waals surface area (Å²) in [7, 11) is 1.81. The zero-order valence-corrected chi connectivity index (χ0v) is 13.6. The molecule has 2 aromatic rings. The highest BCUT2D eigenvalue weighted by Crippen LogP contribution is 2.21. The fraction of sp³-hybridized carbons (Fsp3) is 0.389. The summed E-state index contributed by atoms with van der Waals surface area (Å²) < 4.78 is 0. The molecule has 2 aromatic heterocycles. The summed E-state index contributed by atoms with van der Waals surface area (Å²) in [5.41, 5.74) is 1.64. The predicted molar refractivity (Wildman–Crippen MR) is 90.4 cm³/mol. The molecule has 5 heteroatoms. The SMILES string of the molecule is CC(c1cccnc1)N(C)C(=O)c1ccc(N2CCCC2)nc1. The summed E-state index contributed by atoms with van der Waals surface area (Å²) in [5.74, 6) is 0.934. The second-order valence-electron chi connectivity index (χ2n) is 5.98. The number of anilines is 1. The van der Waals surface area contributed by atoms with Gasteiger partial charge >= 0.3 is 0 Å². The quantitative estimate of drug-likeness (QED) is 0.871. The van der Waals surface area contributed by atoms with Crippen molar-refractivity contribution in [1.82, 2.24) is 14.9 Å². The Labute approximate surface area is 137 Å². The molecule has 0 saturated carbocycles. The molecule has 120 valence electrons. The first-order chi connectivity index (χ1) is 11.2. The van der Waals surface area contributed by atoms with E-state index in [9.17, 15) is 4.79 Å². The van der Waals surface area contributed by atoms with Crippen LogP contribution in [0, 0.1) is 0 Å². The summed E-state index contributed by atoms with van der Waals surface area (Å²) in [4.78, 5) is 25.2. The third kappa shape index (κ3) is 3.33. The van der Waals surface area contributed by atoms with Gasteiger partial charge in [-0.1, -0.05) is 6.07 Å². The molecule has 1 fully saturated rings. The minimum atomic E-state index is -0.0329. The van der Waals surface area contributed by atoms with Crippen LogP contribution in [0.5, 0.6) is 0 Å². The number of rotatable bonds is 4. The zero-order chi connectivity index (χ0) is 16.2. The second-order valence-corrected chi connectivity index (χ2v) is 5.98. The van der Waals surface area contributed by atoms with E-state index in [0.717, 1.165) is 24.5 Å². The monoisotopic (exact) mass is 310 g/mol.